The van der Waals surface area contributed by atoms with Crippen LogP contribution in [-0.4, -0.2) is 29.2 Å². The summed E-state index contributed by atoms with van der Waals surface area (Å²) in [7, 11) is 0. The normalized spacial score (nSPS) is 13.2. The largest absolute Gasteiger partial charge is 0.491 e. The van der Waals surface area contributed by atoms with Gasteiger partial charge in [-0.3, -0.25) is 19.3 Å². The molecule has 7 nitrogen and oxygen atoms in total. The maximum absolute atomic E-state index is 12.9. The van der Waals surface area contributed by atoms with Crippen molar-refractivity contribution < 1.29 is 19.1 Å². The van der Waals surface area contributed by atoms with Crippen LogP contribution in [0.1, 0.15) is 41.3 Å². The van der Waals surface area contributed by atoms with Crippen molar-refractivity contribution >= 4 is 46.6 Å². The van der Waals surface area contributed by atoms with E-state index in [4.69, 9.17) is 27.9 Å². The Labute approximate surface area is 231 Å². The first-order valence-electron chi connectivity index (χ1n) is 12.2. The molecule has 0 saturated carbocycles. The number of anilines is 1. The second-order valence-corrected chi connectivity index (χ2v) is 9.53. The van der Waals surface area contributed by atoms with Gasteiger partial charge in [-0.25, -0.2) is 0 Å². The Bertz CT molecular complexity index is 1350. The van der Waals surface area contributed by atoms with E-state index in [-0.39, 0.29) is 29.7 Å². The van der Waals surface area contributed by atoms with Crippen LogP contribution in [0, 0.1) is 0 Å². The van der Waals surface area contributed by atoms with Crippen LogP contribution in [-0.2, 0) is 22.7 Å². The number of carbonyl (C=O) groups excluding carboxylic acids is 3. The lowest BCUT2D eigenvalue weighted by Crippen LogP contribution is -2.33. The number of nitrogens with one attached hydrogen (secondary N) is 2. The molecule has 38 heavy (non-hydrogen) atoms. The molecule has 0 aliphatic carbocycles. The van der Waals surface area contributed by atoms with Crippen LogP contribution in [0.2, 0.25) is 5.02 Å². The summed E-state index contributed by atoms with van der Waals surface area (Å²) in [6.45, 7) is 3.01. The molecule has 1 aliphatic rings. The zero-order valence-electron chi connectivity index (χ0n) is 20.8. The highest BCUT2D eigenvalue weighted by molar-refractivity contribution is 6.47. The van der Waals surface area contributed by atoms with Crippen LogP contribution < -0.4 is 15.4 Å². The summed E-state index contributed by atoms with van der Waals surface area (Å²) in [5.41, 5.74) is 2.68. The Morgan fingerprint density at radius 3 is 2.29 bits per heavy atom. The van der Waals surface area contributed by atoms with E-state index in [9.17, 15) is 14.4 Å². The van der Waals surface area contributed by atoms with Crippen molar-refractivity contribution in [3.63, 3.8) is 0 Å². The van der Waals surface area contributed by atoms with Crippen LogP contribution in [0.15, 0.2) is 83.5 Å². The third-order valence-corrected chi connectivity index (χ3v) is 6.54. The van der Waals surface area contributed by atoms with Gasteiger partial charge < -0.3 is 15.4 Å². The second kappa shape index (κ2) is 12.6. The first kappa shape index (κ1) is 27.2. The van der Waals surface area contributed by atoms with Crippen molar-refractivity contribution in [1.29, 1.82) is 0 Å². The van der Waals surface area contributed by atoms with Gasteiger partial charge in [-0.2, -0.15) is 0 Å². The summed E-state index contributed by atoms with van der Waals surface area (Å²) in [5.74, 6) is -0.691. The molecule has 3 amide bonds. The van der Waals surface area contributed by atoms with Gasteiger partial charge in [-0.05, 0) is 53.9 Å². The van der Waals surface area contributed by atoms with E-state index < -0.39 is 11.8 Å². The molecule has 0 fully saturated rings. The highest BCUT2D eigenvalue weighted by Gasteiger charge is 2.37. The van der Waals surface area contributed by atoms with Crippen molar-refractivity contribution in [2.75, 3.05) is 11.9 Å². The Kier molecular flexibility index (Phi) is 9.05. The smallest absolute Gasteiger partial charge is 0.278 e. The number of imide groups is 1. The van der Waals surface area contributed by atoms with Crippen molar-refractivity contribution in [2.24, 2.45) is 0 Å². The first-order chi connectivity index (χ1) is 18.4. The molecule has 0 atom stereocenters. The summed E-state index contributed by atoms with van der Waals surface area (Å²) in [6.07, 6.45) is 1.95. The zero-order chi connectivity index (χ0) is 27.1. The Morgan fingerprint density at radius 2 is 1.58 bits per heavy atom. The molecule has 0 radical (unpaired) electrons. The number of benzene rings is 3. The molecular weight excluding hydrogens is 525 g/mol. The van der Waals surface area contributed by atoms with Gasteiger partial charge >= 0.3 is 0 Å². The van der Waals surface area contributed by atoms with Gasteiger partial charge in [0.25, 0.3) is 17.7 Å². The molecule has 4 rings (SSSR count). The Balaban J connectivity index is 1.35. The fourth-order valence-corrected chi connectivity index (χ4v) is 4.17. The van der Waals surface area contributed by atoms with Crippen molar-refractivity contribution in [2.45, 2.75) is 32.9 Å². The van der Waals surface area contributed by atoms with Crippen LogP contribution in [0.25, 0.3) is 0 Å². The third-order valence-electron chi connectivity index (χ3n) is 5.94. The number of rotatable bonds is 11. The predicted molar refractivity (Wildman–Crippen MR) is 148 cm³/mol. The van der Waals surface area contributed by atoms with Gasteiger partial charge in [-0.1, -0.05) is 72.9 Å². The molecule has 1 aliphatic heterocycles. The number of halogens is 2. The SMILES string of the molecule is CCCCOc1ccccc1NC(=O)c1ccc(CNC2=C(Cl)C(=O)N(Cc3ccc(Cl)cc3)C2=O)cc1. The number of nitrogens with zero attached hydrogens (tertiary/aromatic N) is 1. The molecule has 0 aromatic heterocycles. The summed E-state index contributed by atoms with van der Waals surface area (Å²) < 4.78 is 5.79. The number of hydrogen-bond donors (Lipinski definition) is 2. The minimum absolute atomic E-state index is 0.0483. The maximum Gasteiger partial charge on any atom is 0.278 e. The van der Waals surface area contributed by atoms with E-state index in [0.29, 0.717) is 28.6 Å². The minimum Gasteiger partial charge on any atom is -0.491 e. The zero-order valence-corrected chi connectivity index (χ0v) is 22.3. The van der Waals surface area contributed by atoms with Crippen molar-refractivity contribution in [3.8, 4) is 5.75 Å². The molecule has 1 heterocycles. The highest BCUT2D eigenvalue weighted by atomic mass is 35.5. The monoisotopic (exact) mass is 551 g/mol. The first-order valence-corrected chi connectivity index (χ1v) is 13.0. The van der Waals surface area contributed by atoms with Crippen LogP contribution in [0.3, 0.4) is 0 Å². The van der Waals surface area contributed by atoms with Crippen LogP contribution in [0.4, 0.5) is 5.69 Å². The van der Waals surface area contributed by atoms with Gasteiger partial charge in [-0.15, -0.1) is 0 Å². The average molecular weight is 552 g/mol. The summed E-state index contributed by atoms with van der Waals surface area (Å²) in [5, 5.41) is 6.28. The molecule has 0 saturated heterocycles. The van der Waals surface area contributed by atoms with Gasteiger partial charge in [0.05, 0.1) is 18.8 Å². The molecule has 0 spiro atoms. The van der Waals surface area contributed by atoms with E-state index in [1.807, 2.05) is 18.2 Å². The lowest BCUT2D eigenvalue weighted by atomic mass is 10.1. The van der Waals surface area contributed by atoms with E-state index >= 15 is 0 Å². The molecule has 3 aromatic carbocycles. The molecule has 0 unspecified atom stereocenters. The standard InChI is InChI=1S/C29H27Cl2N3O4/c1-2-3-16-38-24-7-5-4-6-23(24)33-27(35)21-12-8-19(9-13-21)17-32-26-25(31)28(36)34(29(26)37)18-20-10-14-22(30)15-11-20/h4-15,32H,2-3,16-18H2,1H3,(H,33,35). The minimum atomic E-state index is -0.555. The van der Waals surface area contributed by atoms with Gasteiger partial charge in [0.15, 0.2) is 0 Å². The molecule has 2 N–H and O–H groups in total. The van der Waals surface area contributed by atoms with Crippen LogP contribution >= 0.6 is 23.2 Å². The molecule has 196 valence electrons. The number of carbonyl (C=O) groups is 3. The second-order valence-electron chi connectivity index (χ2n) is 8.71. The van der Waals surface area contributed by atoms with Gasteiger partial charge in [0.2, 0.25) is 0 Å². The van der Waals surface area contributed by atoms with Gasteiger partial charge in [0, 0.05) is 17.1 Å². The van der Waals surface area contributed by atoms with E-state index in [2.05, 4.69) is 17.6 Å². The van der Waals surface area contributed by atoms with E-state index in [1.54, 1.807) is 54.6 Å². The molecule has 3 aromatic rings. The quantitative estimate of drug-likeness (QED) is 0.229. The van der Waals surface area contributed by atoms with Crippen molar-refractivity contribution in [3.05, 3.63) is 105 Å². The Morgan fingerprint density at radius 1 is 0.895 bits per heavy atom. The van der Waals surface area contributed by atoms with E-state index in [0.717, 1.165) is 28.9 Å². The highest BCUT2D eigenvalue weighted by Crippen LogP contribution is 2.26. The number of ether oxygens (including phenoxy) is 1. The molecular formula is C29H27Cl2N3O4. The Hall–Kier alpha value is -3.81. The lowest BCUT2D eigenvalue weighted by molar-refractivity contribution is -0.138. The number of amides is 3. The number of unbranched alkanes of at least 4 members (excludes halogenated alkanes) is 1. The van der Waals surface area contributed by atoms with Gasteiger partial charge in [0.1, 0.15) is 16.5 Å². The number of para-hydroxylation sites is 2. The third kappa shape index (κ3) is 6.54. The number of hydrogen-bond acceptors (Lipinski definition) is 5. The maximum atomic E-state index is 12.9. The van der Waals surface area contributed by atoms with Crippen LogP contribution in [0.5, 0.6) is 5.75 Å². The predicted octanol–water partition coefficient (Wildman–Crippen LogP) is 5.88. The fourth-order valence-electron chi connectivity index (χ4n) is 3.80. The summed E-state index contributed by atoms with van der Waals surface area (Å²) in [4.78, 5) is 39.3. The summed E-state index contributed by atoms with van der Waals surface area (Å²) >= 11 is 12.1. The van der Waals surface area contributed by atoms with E-state index in [1.165, 1.54) is 0 Å². The molecule has 0 bridgehead atoms. The lowest BCUT2D eigenvalue weighted by Gasteiger charge is -2.15. The fraction of sp³-hybridized carbons (Fsp3) is 0.207. The average Bonchev–Trinajstić information content (AvgIpc) is 3.12. The van der Waals surface area contributed by atoms with Crippen molar-refractivity contribution in [1.82, 2.24) is 10.2 Å². The summed E-state index contributed by atoms with van der Waals surface area (Å²) in [6, 6.07) is 21.1. The molecule has 9 heteroatoms. The topological polar surface area (TPSA) is 87.7 Å².